The van der Waals surface area contributed by atoms with Gasteiger partial charge in [-0.05, 0) is 39.8 Å². The third-order valence-corrected chi connectivity index (χ3v) is 16.6. The molecule has 0 aromatic heterocycles. The zero-order valence-electron chi connectivity index (χ0n) is 12.9. The molecule has 0 amide bonds. The van der Waals surface area contributed by atoms with Crippen molar-refractivity contribution in [1.29, 1.82) is 0 Å². The van der Waals surface area contributed by atoms with E-state index < -0.39 is 16.2 Å². The van der Waals surface area contributed by atoms with Crippen LogP contribution >= 0.6 is 0 Å². The van der Waals surface area contributed by atoms with E-state index in [9.17, 15) is 0 Å². The summed E-state index contributed by atoms with van der Waals surface area (Å²) < 4.78 is 24.3. The van der Waals surface area contributed by atoms with Gasteiger partial charge in [0.25, 0.3) is 7.83 Å². The second-order valence-corrected chi connectivity index (χ2v) is 14.2. The smallest absolute Gasteiger partial charge is 0.411 e. The van der Waals surface area contributed by atoms with E-state index in [1.165, 1.54) is 0 Å². The Morgan fingerprint density at radius 1 is 0.556 bits per heavy atom. The van der Waals surface area contributed by atoms with Gasteiger partial charge in [0, 0.05) is 26.4 Å². The third-order valence-electron chi connectivity index (χ3n) is 3.12. The average molecular weight is 295 g/mol. The summed E-state index contributed by atoms with van der Waals surface area (Å²) in [5.41, 5.74) is 0. The fraction of sp³-hybridized carbons (Fsp3) is 1.00. The van der Waals surface area contributed by atoms with Crippen LogP contribution in [-0.2, 0) is 17.7 Å². The molecule has 0 rings (SSSR count). The normalized spacial score (nSPS) is 13.0. The summed E-state index contributed by atoms with van der Waals surface area (Å²) in [5.74, 6) is 0. The Bertz CT molecular complexity index is 193. The van der Waals surface area contributed by atoms with Gasteiger partial charge in [0.2, 0.25) is 0 Å². The van der Waals surface area contributed by atoms with Gasteiger partial charge in [0.15, 0.2) is 0 Å². The molecule has 0 atom stereocenters. The minimum Gasteiger partial charge on any atom is -0.411 e. The van der Waals surface area contributed by atoms with Crippen LogP contribution in [0.15, 0.2) is 0 Å². The average Bonchev–Trinajstić information content (AvgIpc) is 2.37. The van der Waals surface area contributed by atoms with Crippen molar-refractivity contribution in [3.63, 3.8) is 0 Å². The SMILES string of the molecule is CCO[Si](CC)(CC)[Si](OCC)(OCC)OCC. The van der Waals surface area contributed by atoms with Crippen LogP contribution in [0.4, 0.5) is 0 Å². The van der Waals surface area contributed by atoms with Crippen molar-refractivity contribution in [2.45, 2.75) is 53.6 Å². The fourth-order valence-corrected chi connectivity index (χ4v) is 14.3. The molecule has 110 valence electrons. The zero-order valence-corrected chi connectivity index (χ0v) is 14.9. The maximum Gasteiger partial charge on any atom is 0.503 e. The molecule has 6 heteroatoms. The molecule has 0 heterocycles. The molecular formula is C12H30O4Si2. The quantitative estimate of drug-likeness (QED) is 0.549. The standard InChI is InChI=1S/C12H30O4Si2/c1-7-13-17(11-5,12-6)18(14-8-2,15-9-3)16-10-4/h7-12H2,1-6H3. The molecule has 0 unspecified atom stereocenters. The Labute approximate surface area is 114 Å². The Kier molecular flexibility index (Phi) is 9.36. The topological polar surface area (TPSA) is 36.9 Å². The Balaban J connectivity index is 5.40. The van der Waals surface area contributed by atoms with E-state index in [1.807, 2.05) is 27.7 Å². The first kappa shape index (κ1) is 18.3. The van der Waals surface area contributed by atoms with Crippen LogP contribution in [-0.4, -0.2) is 42.6 Å². The Hall–Kier alpha value is 0.274. The van der Waals surface area contributed by atoms with Gasteiger partial charge < -0.3 is 17.7 Å². The molecule has 0 radical (unpaired) electrons. The van der Waals surface area contributed by atoms with Crippen LogP contribution in [0.25, 0.3) is 0 Å². The summed E-state index contributed by atoms with van der Waals surface area (Å²) in [6.45, 7) is 14.9. The molecule has 0 aliphatic heterocycles. The van der Waals surface area contributed by atoms with Crippen molar-refractivity contribution in [3.8, 4) is 0 Å². The summed E-state index contributed by atoms with van der Waals surface area (Å²) in [4.78, 5) is 0. The van der Waals surface area contributed by atoms with Crippen LogP contribution in [0.1, 0.15) is 41.5 Å². The Morgan fingerprint density at radius 2 is 0.889 bits per heavy atom. The van der Waals surface area contributed by atoms with Crippen LogP contribution in [0.5, 0.6) is 0 Å². The van der Waals surface area contributed by atoms with Crippen LogP contribution < -0.4 is 0 Å². The molecule has 4 nitrogen and oxygen atoms in total. The van der Waals surface area contributed by atoms with Crippen molar-refractivity contribution in [3.05, 3.63) is 0 Å². The van der Waals surface area contributed by atoms with Crippen LogP contribution in [0.3, 0.4) is 0 Å². The van der Waals surface area contributed by atoms with Gasteiger partial charge in [0.05, 0.1) is 0 Å². The molecular weight excluding hydrogens is 264 g/mol. The Morgan fingerprint density at radius 3 is 1.11 bits per heavy atom. The van der Waals surface area contributed by atoms with Gasteiger partial charge in [-0.15, -0.1) is 0 Å². The first-order chi connectivity index (χ1) is 8.61. The maximum absolute atomic E-state index is 6.18. The highest BCUT2D eigenvalue weighted by atomic mass is 29.3. The number of rotatable bonds is 11. The largest absolute Gasteiger partial charge is 0.503 e. The van der Waals surface area contributed by atoms with Gasteiger partial charge in [-0.25, -0.2) is 0 Å². The van der Waals surface area contributed by atoms with Crippen molar-refractivity contribution in [1.82, 2.24) is 0 Å². The monoisotopic (exact) mass is 294 g/mol. The van der Waals surface area contributed by atoms with E-state index in [0.29, 0.717) is 26.4 Å². The minimum atomic E-state index is -2.68. The maximum atomic E-state index is 6.18. The van der Waals surface area contributed by atoms with Gasteiger partial charge in [0.1, 0.15) is 0 Å². The number of hydrogen-bond acceptors (Lipinski definition) is 4. The summed E-state index contributed by atoms with van der Waals surface area (Å²) in [7, 11) is -4.79. The molecule has 0 fully saturated rings. The van der Waals surface area contributed by atoms with Gasteiger partial charge in [-0.3, -0.25) is 0 Å². The van der Waals surface area contributed by atoms with E-state index in [4.69, 9.17) is 17.7 Å². The predicted molar refractivity (Wildman–Crippen MR) is 79.0 cm³/mol. The first-order valence-electron chi connectivity index (χ1n) is 7.17. The molecule has 0 bridgehead atoms. The number of hydrogen-bond donors (Lipinski definition) is 0. The lowest BCUT2D eigenvalue weighted by molar-refractivity contribution is 0.0817. The highest BCUT2D eigenvalue weighted by molar-refractivity contribution is 7.32. The van der Waals surface area contributed by atoms with Gasteiger partial charge >= 0.3 is 8.32 Å². The van der Waals surface area contributed by atoms with E-state index in [-0.39, 0.29) is 0 Å². The molecule has 0 aliphatic carbocycles. The van der Waals surface area contributed by atoms with E-state index >= 15 is 0 Å². The minimum absolute atomic E-state index is 0.619. The lowest BCUT2D eigenvalue weighted by Crippen LogP contribution is -2.70. The highest BCUT2D eigenvalue weighted by Gasteiger charge is 2.62. The third kappa shape index (κ3) is 3.88. The van der Waals surface area contributed by atoms with Gasteiger partial charge in [-0.1, -0.05) is 13.8 Å². The summed E-state index contributed by atoms with van der Waals surface area (Å²) >= 11 is 0. The lowest BCUT2D eigenvalue weighted by Gasteiger charge is -2.42. The van der Waals surface area contributed by atoms with Crippen LogP contribution in [0.2, 0.25) is 12.1 Å². The van der Waals surface area contributed by atoms with Crippen molar-refractivity contribution < 1.29 is 17.7 Å². The molecule has 0 aromatic carbocycles. The second kappa shape index (κ2) is 9.22. The lowest BCUT2D eigenvalue weighted by atomic mass is 10.9. The van der Waals surface area contributed by atoms with E-state index in [2.05, 4.69) is 13.8 Å². The highest BCUT2D eigenvalue weighted by Crippen LogP contribution is 2.31. The van der Waals surface area contributed by atoms with E-state index in [0.717, 1.165) is 12.1 Å². The molecule has 0 saturated carbocycles. The molecule has 0 spiro atoms. The van der Waals surface area contributed by atoms with Crippen molar-refractivity contribution >= 4 is 16.2 Å². The fourth-order valence-electron chi connectivity index (χ4n) is 2.34. The van der Waals surface area contributed by atoms with Crippen molar-refractivity contribution in [2.75, 3.05) is 26.4 Å². The summed E-state index contributed by atoms with van der Waals surface area (Å²) in [6, 6.07) is 1.95. The zero-order chi connectivity index (χ0) is 14.1. The van der Waals surface area contributed by atoms with E-state index in [1.54, 1.807) is 0 Å². The van der Waals surface area contributed by atoms with Crippen LogP contribution in [0, 0.1) is 0 Å². The molecule has 18 heavy (non-hydrogen) atoms. The summed E-state index contributed by atoms with van der Waals surface area (Å²) in [5, 5.41) is 0. The predicted octanol–water partition coefficient (Wildman–Crippen LogP) is 3.14. The first-order valence-corrected chi connectivity index (χ1v) is 12.2. The molecule has 0 aliphatic rings. The summed E-state index contributed by atoms with van der Waals surface area (Å²) in [6.07, 6.45) is 0. The van der Waals surface area contributed by atoms with Crippen molar-refractivity contribution in [2.24, 2.45) is 0 Å². The second-order valence-electron chi connectivity index (χ2n) is 3.99. The molecule has 0 N–H and O–H groups in total. The molecule has 0 saturated heterocycles. The van der Waals surface area contributed by atoms with Gasteiger partial charge in [-0.2, -0.15) is 0 Å². The molecule has 0 aromatic rings.